The zero-order chi connectivity index (χ0) is 17.9. The van der Waals surface area contributed by atoms with Crippen molar-refractivity contribution in [1.29, 1.82) is 0 Å². The number of rotatable bonds is 4. The van der Waals surface area contributed by atoms with Crippen molar-refractivity contribution in [1.82, 2.24) is 4.90 Å². The number of carbonyl (C=O) groups is 1. The molecular weight excluding hydrogens is 321 g/mol. The summed E-state index contributed by atoms with van der Waals surface area (Å²) in [6.45, 7) is 3.74. The summed E-state index contributed by atoms with van der Waals surface area (Å²) >= 11 is 0. The molecule has 0 aliphatic rings. The molecule has 1 heterocycles. The fraction of sp³-hybridized carbons (Fsp3) is 0.294. The average Bonchev–Trinajstić information content (AvgIpc) is 2.55. The van der Waals surface area contributed by atoms with E-state index in [0.717, 1.165) is 12.1 Å². The van der Waals surface area contributed by atoms with Gasteiger partial charge in [0.25, 0.3) is 5.91 Å². The van der Waals surface area contributed by atoms with Crippen molar-refractivity contribution in [2.45, 2.75) is 26.1 Å². The molecule has 0 N–H and O–H groups in total. The van der Waals surface area contributed by atoms with Gasteiger partial charge in [0, 0.05) is 18.7 Å². The molecule has 0 spiro atoms. The third kappa shape index (κ3) is 3.84. The number of benzene rings is 1. The van der Waals surface area contributed by atoms with E-state index in [-0.39, 0.29) is 5.91 Å². The average molecular weight is 338 g/mol. The van der Waals surface area contributed by atoms with Gasteiger partial charge in [0.05, 0.1) is 17.2 Å². The fourth-order valence-electron chi connectivity index (χ4n) is 2.47. The summed E-state index contributed by atoms with van der Waals surface area (Å²) in [7, 11) is 0. The Bertz CT molecular complexity index is 715. The first-order valence-corrected chi connectivity index (χ1v) is 7.41. The highest BCUT2D eigenvalue weighted by Crippen LogP contribution is 2.32. The fourth-order valence-corrected chi connectivity index (χ4v) is 2.47. The van der Waals surface area contributed by atoms with Crippen LogP contribution in [-0.4, -0.2) is 17.4 Å². The lowest BCUT2D eigenvalue weighted by atomic mass is 10.0. The summed E-state index contributed by atoms with van der Waals surface area (Å²) in [6.07, 6.45) is -2.02. The number of hydrogen-bond acceptors (Lipinski definition) is 2. The van der Waals surface area contributed by atoms with Crippen LogP contribution in [0.3, 0.4) is 0 Å². The number of pyridine rings is 1. The van der Waals surface area contributed by atoms with Gasteiger partial charge in [-0.1, -0.05) is 12.1 Å². The molecular formula is C17H17F3N2O2. The van der Waals surface area contributed by atoms with E-state index in [1.807, 2.05) is 0 Å². The summed E-state index contributed by atoms with van der Waals surface area (Å²) in [5, 5.41) is 11.1. The number of alkyl halides is 3. The molecule has 7 heteroatoms. The Balaban J connectivity index is 2.30. The van der Waals surface area contributed by atoms with Crippen molar-refractivity contribution in [2.24, 2.45) is 0 Å². The van der Waals surface area contributed by atoms with E-state index >= 15 is 0 Å². The van der Waals surface area contributed by atoms with Gasteiger partial charge in [-0.05, 0) is 31.5 Å². The Kier molecular flexibility index (Phi) is 5.11. The van der Waals surface area contributed by atoms with Gasteiger partial charge >= 0.3 is 6.18 Å². The van der Waals surface area contributed by atoms with Crippen molar-refractivity contribution in [3.05, 3.63) is 70.7 Å². The molecule has 4 nitrogen and oxygen atoms in total. The van der Waals surface area contributed by atoms with Gasteiger partial charge in [-0.25, -0.2) is 0 Å². The highest BCUT2D eigenvalue weighted by Gasteiger charge is 2.31. The van der Waals surface area contributed by atoms with Crippen LogP contribution in [0, 0.1) is 5.21 Å². The Morgan fingerprint density at radius 1 is 1.25 bits per heavy atom. The first-order chi connectivity index (χ1) is 11.2. The van der Waals surface area contributed by atoms with Crippen LogP contribution in [0.25, 0.3) is 0 Å². The lowest BCUT2D eigenvalue weighted by Gasteiger charge is -2.29. The molecule has 1 amide bonds. The van der Waals surface area contributed by atoms with E-state index in [1.165, 1.54) is 35.5 Å². The number of hydrogen-bond donors (Lipinski definition) is 0. The van der Waals surface area contributed by atoms with Crippen LogP contribution in [0.4, 0.5) is 13.2 Å². The van der Waals surface area contributed by atoms with Crippen molar-refractivity contribution < 1.29 is 22.7 Å². The monoisotopic (exact) mass is 338 g/mol. The van der Waals surface area contributed by atoms with E-state index in [9.17, 15) is 23.2 Å². The molecule has 1 atom stereocenters. The number of carbonyl (C=O) groups excluding carboxylic acids is 1. The quantitative estimate of drug-likeness (QED) is 0.632. The summed E-state index contributed by atoms with van der Waals surface area (Å²) in [4.78, 5) is 14.0. The molecule has 0 unspecified atom stereocenters. The minimum atomic E-state index is -4.43. The molecule has 0 bridgehead atoms. The van der Waals surface area contributed by atoms with Crippen LogP contribution in [-0.2, 0) is 6.18 Å². The van der Waals surface area contributed by atoms with E-state index in [4.69, 9.17) is 0 Å². The maximum atomic E-state index is 12.9. The molecule has 1 aromatic carbocycles. The topological polar surface area (TPSA) is 47.2 Å². The van der Waals surface area contributed by atoms with Crippen molar-refractivity contribution in [2.75, 3.05) is 6.54 Å². The van der Waals surface area contributed by atoms with Crippen LogP contribution < -0.4 is 4.73 Å². The van der Waals surface area contributed by atoms with Crippen molar-refractivity contribution in [3.8, 4) is 0 Å². The third-order valence-corrected chi connectivity index (χ3v) is 3.81. The van der Waals surface area contributed by atoms with E-state index in [2.05, 4.69) is 0 Å². The first kappa shape index (κ1) is 17.8. The minimum absolute atomic E-state index is 0.308. The van der Waals surface area contributed by atoms with E-state index in [1.54, 1.807) is 19.9 Å². The SMILES string of the molecule is CCN(C(=O)c1cc[n+]([O-])cc1)[C@@H](C)c1cccc(C(F)(F)F)c1. The van der Waals surface area contributed by atoms with Gasteiger partial charge in [-0.15, -0.1) is 0 Å². The second kappa shape index (κ2) is 6.90. The van der Waals surface area contributed by atoms with Crippen molar-refractivity contribution >= 4 is 5.91 Å². The molecule has 0 fully saturated rings. The zero-order valence-corrected chi connectivity index (χ0v) is 13.2. The van der Waals surface area contributed by atoms with Gasteiger partial charge in [-0.2, -0.15) is 17.9 Å². The maximum absolute atomic E-state index is 12.9. The molecule has 2 rings (SSSR count). The molecule has 128 valence electrons. The normalized spacial score (nSPS) is 12.7. The Labute approximate surface area is 137 Å². The van der Waals surface area contributed by atoms with Crippen molar-refractivity contribution in [3.63, 3.8) is 0 Å². The van der Waals surface area contributed by atoms with E-state index in [0.29, 0.717) is 22.4 Å². The Morgan fingerprint density at radius 2 is 1.88 bits per heavy atom. The zero-order valence-electron chi connectivity index (χ0n) is 13.2. The van der Waals surface area contributed by atoms with Gasteiger partial charge < -0.3 is 10.1 Å². The smallest absolute Gasteiger partial charge is 0.416 e. The second-order valence-corrected chi connectivity index (χ2v) is 5.34. The lowest BCUT2D eigenvalue weighted by molar-refractivity contribution is -0.605. The molecule has 1 aromatic heterocycles. The highest BCUT2D eigenvalue weighted by molar-refractivity contribution is 5.94. The molecule has 0 saturated heterocycles. The molecule has 0 saturated carbocycles. The largest absolute Gasteiger partial charge is 0.619 e. The first-order valence-electron chi connectivity index (χ1n) is 7.41. The molecule has 0 aliphatic heterocycles. The van der Waals surface area contributed by atoms with E-state index < -0.39 is 17.8 Å². The molecule has 24 heavy (non-hydrogen) atoms. The number of nitrogens with zero attached hydrogens (tertiary/aromatic N) is 2. The third-order valence-electron chi connectivity index (χ3n) is 3.81. The van der Waals surface area contributed by atoms with Gasteiger partial charge in [0.15, 0.2) is 12.4 Å². The standard InChI is InChI=1S/C17H17F3N2O2/c1-3-22(16(23)13-7-9-21(24)10-8-13)12(2)14-5-4-6-15(11-14)17(18,19)20/h4-12H,3H2,1-2H3/t12-/m0/s1. The van der Waals surface area contributed by atoms with Crippen LogP contribution in [0.15, 0.2) is 48.8 Å². The maximum Gasteiger partial charge on any atom is 0.416 e. The summed E-state index contributed by atoms with van der Waals surface area (Å²) in [6, 6.07) is 7.18. The van der Waals surface area contributed by atoms with Crippen LogP contribution in [0.1, 0.15) is 41.4 Å². The number of amides is 1. The van der Waals surface area contributed by atoms with Crippen LogP contribution in [0.2, 0.25) is 0 Å². The van der Waals surface area contributed by atoms with Gasteiger partial charge in [0.2, 0.25) is 0 Å². The van der Waals surface area contributed by atoms with Crippen LogP contribution >= 0.6 is 0 Å². The van der Waals surface area contributed by atoms with Crippen LogP contribution in [0.5, 0.6) is 0 Å². The summed E-state index contributed by atoms with van der Waals surface area (Å²) in [5.41, 5.74) is -0.0416. The Morgan fingerprint density at radius 3 is 2.42 bits per heavy atom. The van der Waals surface area contributed by atoms with Gasteiger partial charge in [0.1, 0.15) is 0 Å². The molecule has 0 radical (unpaired) electrons. The predicted octanol–water partition coefficient (Wildman–Crippen LogP) is 3.56. The second-order valence-electron chi connectivity index (χ2n) is 5.34. The number of halogens is 3. The molecule has 2 aromatic rings. The highest BCUT2D eigenvalue weighted by atomic mass is 19.4. The Hall–Kier alpha value is -2.57. The minimum Gasteiger partial charge on any atom is -0.619 e. The summed E-state index contributed by atoms with van der Waals surface area (Å²) < 4.78 is 39.1. The number of aromatic nitrogens is 1. The van der Waals surface area contributed by atoms with Gasteiger partial charge in [-0.3, -0.25) is 4.79 Å². The predicted molar refractivity (Wildman–Crippen MR) is 82.0 cm³/mol. The lowest BCUT2D eigenvalue weighted by Crippen LogP contribution is -2.34. The molecule has 0 aliphatic carbocycles. The summed E-state index contributed by atoms with van der Waals surface area (Å²) in [5.74, 6) is -0.344.